The third-order valence-corrected chi connectivity index (χ3v) is 5.68. The molecular formula is C16H22N2O2S. The number of sulfonamides is 1. The normalized spacial score (nSPS) is 20.4. The summed E-state index contributed by atoms with van der Waals surface area (Å²) in [6, 6.07) is 6.80. The van der Waals surface area contributed by atoms with Gasteiger partial charge in [0.1, 0.15) is 0 Å². The van der Waals surface area contributed by atoms with Crippen LogP contribution in [0.15, 0.2) is 29.2 Å². The molecule has 1 aliphatic heterocycles. The van der Waals surface area contributed by atoms with E-state index in [9.17, 15) is 8.42 Å². The molecule has 2 rings (SSSR count). The van der Waals surface area contributed by atoms with Crippen LogP contribution in [0.25, 0.3) is 0 Å². The van der Waals surface area contributed by atoms with Crippen LogP contribution in [0.1, 0.15) is 31.7 Å². The fourth-order valence-electron chi connectivity index (χ4n) is 2.51. The summed E-state index contributed by atoms with van der Waals surface area (Å²) in [5.74, 6) is 6.22. The Morgan fingerprint density at radius 2 is 2.14 bits per heavy atom. The highest BCUT2D eigenvalue weighted by molar-refractivity contribution is 7.89. The van der Waals surface area contributed by atoms with E-state index in [1.807, 2.05) is 0 Å². The molecule has 0 aromatic heterocycles. The molecule has 0 saturated carbocycles. The number of hydrogen-bond donors (Lipinski definition) is 1. The number of hydrogen-bond acceptors (Lipinski definition) is 3. The fraction of sp³-hybridized carbons (Fsp3) is 0.500. The van der Waals surface area contributed by atoms with Crippen LogP contribution in [0.4, 0.5) is 0 Å². The number of nitrogens with two attached hydrogens (primary N) is 1. The van der Waals surface area contributed by atoms with E-state index in [-0.39, 0.29) is 6.54 Å². The second-order valence-corrected chi connectivity index (χ2v) is 7.41. The van der Waals surface area contributed by atoms with E-state index in [2.05, 4.69) is 18.8 Å². The van der Waals surface area contributed by atoms with Crippen LogP contribution < -0.4 is 5.73 Å². The van der Waals surface area contributed by atoms with E-state index in [0.717, 1.165) is 19.3 Å². The van der Waals surface area contributed by atoms with Gasteiger partial charge in [0.05, 0.1) is 11.4 Å². The minimum Gasteiger partial charge on any atom is -0.320 e. The van der Waals surface area contributed by atoms with Crippen molar-refractivity contribution in [1.82, 2.24) is 4.31 Å². The Morgan fingerprint density at radius 3 is 2.90 bits per heavy atom. The van der Waals surface area contributed by atoms with E-state index >= 15 is 0 Å². The number of nitrogens with zero attached hydrogens (tertiary/aromatic N) is 1. The summed E-state index contributed by atoms with van der Waals surface area (Å²) in [7, 11) is -3.42. The molecule has 2 N–H and O–H groups in total. The summed E-state index contributed by atoms with van der Waals surface area (Å²) >= 11 is 0. The quantitative estimate of drug-likeness (QED) is 0.848. The zero-order valence-electron chi connectivity index (χ0n) is 12.4. The molecule has 0 bridgehead atoms. The smallest absolute Gasteiger partial charge is 0.243 e. The molecule has 1 heterocycles. The van der Waals surface area contributed by atoms with Crippen LogP contribution in [0.3, 0.4) is 0 Å². The molecule has 1 unspecified atom stereocenters. The average Bonchev–Trinajstić information content (AvgIpc) is 2.70. The molecule has 0 radical (unpaired) electrons. The lowest BCUT2D eigenvalue weighted by atomic mass is 10.0. The molecule has 5 heteroatoms. The number of benzene rings is 1. The Balaban J connectivity index is 2.26. The molecule has 1 saturated heterocycles. The first-order valence-corrected chi connectivity index (χ1v) is 8.77. The molecule has 4 nitrogen and oxygen atoms in total. The lowest BCUT2D eigenvalue weighted by Gasteiger charge is -2.20. The SMILES string of the molecule is CC1CCCN(S(=O)(=O)c2cccc(C#CCN)c2)CC1. The maximum absolute atomic E-state index is 12.7. The Labute approximate surface area is 127 Å². The Hall–Kier alpha value is -1.35. The molecule has 0 amide bonds. The van der Waals surface area contributed by atoms with E-state index in [4.69, 9.17) is 5.73 Å². The van der Waals surface area contributed by atoms with Gasteiger partial charge in [-0.2, -0.15) is 4.31 Å². The lowest BCUT2D eigenvalue weighted by molar-refractivity contribution is 0.417. The van der Waals surface area contributed by atoms with Crippen molar-refractivity contribution in [2.45, 2.75) is 31.1 Å². The van der Waals surface area contributed by atoms with Gasteiger partial charge in [-0.05, 0) is 43.4 Å². The maximum Gasteiger partial charge on any atom is 0.243 e. The second-order valence-electron chi connectivity index (χ2n) is 5.47. The molecule has 1 aromatic rings. The van der Waals surface area contributed by atoms with Gasteiger partial charge in [0.2, 0.25) is 10.0 Å². The van der Waals surface area contributed by atoms with Crippen LogP contribution in [-0.4, -0.2) is 32.4 Å². The summed E-state index contributed by atoms with van der Waals surface area (Å²) in [6.07, 6.45) is 2.94. The Morgan fingerprint density at radius 1 is 1.33 bits per heavy atom. The van der Waals surface area contributed by atoms with Crippen LogP contribution in [0.2, 0.25) is 0 Å². The molecule has 114 valence electrons. The van der Waals surface area contributed by atoms with Gasteiger partial charge < -0.3 is 5.73 Å². The summed E-state index contributed by atoms with van der Waals surface area (Å²) < 4.78 is 27.1. The zero-order valence-corrected chi connectivity index (χ0v) is 13.2. The molecular weight excluding hydrogens is 284 g/mol. The zero-order chi connectivity index (χ0) is 15.3. The summed E-state index contributed by atoms with van der Waals surface area (Å²) in [6.45, 7) is 3.65. The van der Waals surface area contributed by atoms with Gasteiger partial charge in [0.15, 0.2) is 0 Å². The van der Waals surface area contributed by atoms with Crippen molar-refractivity contribution in [2.24, 2.45) is 11.7 Å². The minimum atomic E-state index is -3.42. The molecule has 1 fully saturated rings. The van der Waals surface area contributed by atoms with Gasteiger partial charge >= 0.3 is 0 Å². The topological polar surface area (TPSA) is 63.4 Å². The van der Waals surface area contributed by atoms with Crippen LogP contribution in [-0.2, 0) is 10.0 Å². The monoisotopic (exact) mass is 306 g/mol. The van der Waals surface area contributed by atoms with Crippen molar-refractivity contribution < 1.29 is 8.42 Å². The van der Waals surface area contributed by atoms with Crippen LogP contribution >= 0.6 is 0 Å². The van der Waals surface area contributed by atoms with Crippen molar-refractivity contribution >= 4 is 10.0 Å². The highest BCUT2D eigenvalue weighted by Gasteiger charge is 2.26. The maximum atomic E-state index is 12.7. The molecule has 1 aliphatic rings. The molecule has 0 spiro atoms. The predicted octanol–water partition coefficient (Wildman–Crippen LogP) is 1.81. The first-order chi connectivity index (χ1) is 10.0. The molecule has 1 atom stereocenters. The van der Waals surface area contributed by atoms with Crippen molar-refractivity contribution in [3.05, 3.63) is 29.8 Å². The first kappa shape index (κ1) is 16.0. The summed E-state index contributed by atoms with van der Waals surface area (Å²) in [4.78, 5) is 0.320. The van der Waals surface area contributed by atoms with Gasteiger partial charge in [-0.25, -0.2) is 8.42 Å². The Kier molecular flexibility index (Phi) is 5.40. The van der Waals surface area contributed by atoms with E-state index in [1.54, 1.807) is 28.6 Å². The van der Waals surface area contributed by atoms with Crippen LogP contribution in [0.5, 0.6) is 0 Å². The van der Waals surface area contributed by atoms with Gasteiger partial charge in [0.25, 0.3) is 0 Å². The largest absolute Gasteiger partial charge is 0.320 e. The second kappa shape index (κ2) is 7.08. The van der Waals surface area contributed by atoms with Crippen LogP contribution in [0, 0.1) is 17.8 Å². The van der Waals surface area contributed by atoms with Crippen molar-refractivity contribution in [3.63, 3.8) is 0 Å². The van der Waals surface area contributed by atoms with Crippen molar-refractivity contribution in [2.75, 3.05) is 19.6 Å². The van der Waals surface area contributed by atoms with Gasteiger partial charge in [-0.3, -0.25) is 0 Å². The van der Waals surface area contributed by atoms with Gasteiger partial charge in [-0.15, -0.1) is 0 Å². The minimum absolute atomic E-state index is 0.265. The molecule has 1 aromatic carbocycles. The Bertz CT molecular complexity index is 644. The summed E-state index contributed by atoms with van der Waals surface area (Å²) in [5, 5.41) is 0. The predicted molar refractivity (Wildman–Crippen MR) is 84.1 cm³/mol. The third kappa shape index (κ3) is 4.07. The first-order valence-electron chi connectivity index (χ1n) is 7.33. The van der Waals surface area contributed by atoms with Crippen molar-refractivity contribution in [1.29, 1.82) is 0 Å². The molecule has 21 heavy (non-hydrogen) atoms. The number of rotatable bonds is 2. The fourth-order valence-corrected chi connectivity index (χ4v) is 4.05. The average molecular weight is 306 g/mol. The summed E-state index contributed by atoms with van der Waals surface area (Å²) in [5.41, 5.74) is 6.03. The highest BCUT2D eigenvalue weighted by Crippen LogP contribution is 2.23. The van der Waals surface area contributed by atoms with E-state index < -0.39 is 10.0 Å². The van der Waals surface area contributed by atoms with E-state index in [0.29, 0.717) is 29.5 Å². The third-order valence-electron chi connectivity index (χ3n) is 3.78. The standard InChI is InChI=1S/C16H22N2O2S/c1-14-5-4-11-18(12-9-14)21(19,20)16-8-2-6-15(13-16)7-3-10-17/h2,6,8,13-14H,4-5,9-12,17H2,1H3. The highest BCUT2D eigenvalue weighted by atomic mass is 32.2. The lowest BCUT2D eigenvalue weighted by Crippen LogP contribution is -2.32. The van der Waals surface area contributed by atoms with E-state index in [1.165, 1.54) is 0 Å². The van der Waals surface area contributed by atoms with Gasteiger partial charge in [-0.1, -0.05) is 24.8 Å². The van der Waals surface area contributed by atoms with Gasteiger partial charge in [0, 0.05) is 18.7 Å². The van der Waals surface area contributed by atoms with Crippen molar-refractivity contribution in [3.8, 4) is 11.8 Å². The molecule has 0 aliphatic carbocycles.